The summed E-state index contributed by atoms with van der Waals surface area (Å²) in [5, 5.41) is 4.95. The predicted octanol–water partition coefficient (Wildman–Crippen LogP) is -2.09. The van der Waals surface area contributed by atoms with Gasteiger partial charge in [-0.2, -0.15) is 15.0 Å². The number of nitrogens with zero attached hydrogens (tertiary/aromatic N) is 8. The van der Waals surface area contributed by atoms with Gasteiger partial charge in [-0.3, -0.25) is 34.2 Å². The molecule has 0 aliphatic heterocycles. The van der Waals surface area contributed by atoms with Crippen LogP contribution in [-0.2, 0) is 30.2 Å². The van der Waals surface area contributed by atoms with Gasteiger partial charge in [-0.25, -0.2) is 9.78 Å². The highest BCUT2D eigenvalue weighted by Gasteiger charge is 2.18. The topological polar surface area (TPSA) is 185 Å². The van der Waals surface area contributed by atoms with Crippen molar-refractivity contribution < 1.29 is 14.1 Å². The fraction of sp³-hybridized carbons (Fsp3) is 0.412. The van der Waals surface area contributed by atoms with Crippen LogP contribution in [0.25, 0.3) is 11.2 Å². The van der Waals surface area contributed by atoms with Crippen LogP contribution >= 0.6 is 12.4 Å². The molecule has 0 aliphatic rings. The number of aromatic nitrogens is 7. The lowest BCUT2D eigenvalue weighted by atomic mass is 10.4. The van der Waals surface area contributed by atoms with Crippen molar-refractivity contribution in [2.75, 3.05) is 44.1 Å². The Hall–Kier alpha value is -3.85. The molecule has 0 unspecified atom stereocenters. The Kier molecular flexibility index (Phi) is 7.19. The normalized spacial score (nSPS) is 11.2. The maximum absolute atomic E-state index is 12.5. The van der Waals surface area contributed by atoms with Gasteiger partial charge in [-0.1, -0.05) is 0 Å². The monoisotopic (exact) mass is 482 g/mol. The van der Waals surface area contributed by atoms with Gasteiger partial charge >= 0.3 is 5.69 Å². The number of fused-ring (bicyclic) bond motifs is 1. The smallest absolute Gasteiger partial charge is 0.332 e. The number of quaternary nitrogens is 1. The highest BCUT2D eigenvalue weighted by atomic mass is 35.5. The highest BCUT2D eigenvalue weighted by Crippen LogP contribution is 2.09. The van der Waals surface area contributed by atoms with Crippen molar-refractivity contribution in [1.82, 2.24) is 33.6 Å². The summed E-state index contributed by atoms with van der Waals surface area (Å²) in [6, 6.07) is 0. The molecule has 0 bridgehead atoms. The molecule has 16 heteroatoms. The zero-order valence-electron chi connectivity index (χ0n) is 18.7. The first-order chi connectivity index (χ1) is 14.9. The van der Waals surface area contributed by atoms with Crippen LogP contribution in [0.15, 0.2) is 15.9 Å². The summed E-state index contributed by atoms with van der Waals surface area (Å²) in [7, 11) is 8.35. The SMILES string of the molecule is Cl.Cn1c(=O)c2c(ncn2CC(=O)Nc2nc(N)nc(NC(=O)C[N+](C)(C)C)n2)n(C)c1=O. The lowest BCUT2D eigenvalue weighted by molar-refractivity contribution is -0.861. The number of hydrogen-bond acceptors (Lipinski definition) is 9. The van der Waals surface area contributed by atoms with Gasteiger partial charge in [0.2, 0.25) is 23.8 Å². The van der Waals surface area contributed by atoms with Crippen molar-refractivity contribution in [3.8, 4) is 0 Å². The molecule has 15 nitrogen and oxygen atoms in total. The molecule has 3 heterocycles. The highest BCUT2D eigenvalue weighted by molar-refractivity contribution is 5.91. The fourth-order valence-electron chi connectivity index (χ4n) is 2.93. The third kappa shape index (κ3) is 5.69. The molecule has 2 amide bonds. The van der Waals surface area contributed by atoms with E-state index in [0.717, 1.165) is 4.57 Å². The van der Waals surface area contributed by atoms with Crippen molar-refractivity contribution in [3.05, 3.63) is 27.2 Å². The first-order valence-corrected chi connectivity index (χ1v) is 9.38. The zero-order valence-corrected chi connectivity index (χ0v) is 19.5. The lowest BCUT2D eigenvalue weighted by Gasteiger charge is -2.22. The van der Waals surface area contributed by atoms with Crippen molar-refractivity contribution in [3.63, 3.8) is 0 Å². The number of rotatable bonds is 6. The average Bonchev–Trinajstić information content (AvgIpc) is 3.06. The third-order valence-corrected chi connectivity index (χ3v) is 4.30. The number of anilines is 3. The molecule has 0 radical (unpaired) electrons. The summed E-state index contributed by atoms with van der Waals surface area (Å²) in [5.74, 6) is -1.41. The molecule has 0 saturated carbocycles. The van der Waals surface area contributed by atoms with E-state index in [4.69, 9.17) is 5.73 Å². The second-order valence-corrected chi connectivity index (χ2v) is 8.14. The van der Waals surface area contributed by atoms with Gasteiger partial charge in [0.1, 0.15) is 6.54 Å². The second-order valence-electron chi connectivity index (χ2n) is 8.14. The minimum Gasteiger partial charge on any atom is -0.368 e. The number of nitrogens with one attached hydrogen (secondary N) is 2. The summed E-state index contributed by atoms with van der Waals surface area (Å²) in [4.78, 5) is 64.9. The summed E-state index contributed by atoms with van der Waals surface area (Å²) in [6.45, 7) is -0.142. The number of halogens is 1. The van der Waals surface area contributed by atoms with Crippen LogP contribution < -0.4 is 27.6 Å². The van der Waals surface area contributed by atoms with Gasteiger partial charge in [0.05, 0.1) is 27.5 Å². The summed E-state index contributed by atoms with van der Waals surface area (Å²) < 4.78 is 3.83. The number of carbonyl (C=O) groups is 2. The van der Waals surface area contributed by atoms with E-state index in [9.17, 15) is 19.2 Å². The number of nitrogens with two attached hydrogens (primary N) is 1. The molecule has 0 aromatic carbocycles. The molecule has 0 fully saturated rings. The number of amides is 2. The molecule has 0 atom stereocenters. The van der Waals surface area contributed by atoms with E-state index in [1.165, 1.54) is 29.6 Å². The van der Waals surface area contributed by atoms with E-state index < -0.39 is 17.2 Å². The fourth-order valence-corrected chi connectivity index (χ4v) is 2.93. The number of hydrogen-bond donors (Lipinski definition) is 3. The minimum absolute atomic E-state index is 0. The molecule has 3 aromatic heterocycles. The Bertz CT molecular complexity index is 1340. The standard InChI is InChI=1S/C17H23N11O4.ClH/c1-25-12-11(13(31)26(2)17(25)32)27(8-19-12)6-9(29)20-15-22-14(18)23-16(24-15)21-10(30)7-28(3,4)5;/h8H,6-7H2,1-5H3,(H3-,18,20,21,22,23,24,29,30);1H/p+1. The summed E-state index contributed by atoms with van der Waals surface area (Å²) >= 11 is 0. The molecule has 4 N–H and O–H groups in total. The number of likely N-dealkylation sites (N-methyl/N-ethyl adjacent to an activating group) is 1. The average molecular weight is 483 g/mol. The van der Waals surface area contributed by atoms with E-state index in [-0.39, 0.29) is 60.4 Å². The molecular formula is C17H25ClN11O4+. The maximum atomic E-state index is 12.5. The van der Waals surface area contributed by atoms with Crippen LogP contribution in [0.3, 0.4) is 0 Å². The molecular weight excluding hydrogens is 458 g/mol. The molecule has 3 aromatic rings. The number of imidazole rings is 1. The number of aryl methyl sites for hydroxylation is 1. The van der Waals surface area contributed by atoms with E-state index in [1.54, 1.807) is 0 Å². The Labute approximate surface area is 193 Å². The van der Waals surface area contributed by atoms with Crippen molar-refractivity contribution in [2.24, 2.45) is 14.1 Å². The van der Waals surface area contributed by atoms with E-state index in [0.29, 0.717) is 4.48 Å². The van der Waals surface area contributed by atoms with Crippen LogP contribution in [0.5, 0.6) is 0 Å². The van der Waals surface area contributed by atoms with E-state index in [2.05, 4.69) is 30.6 Å². The molecule has 3 rings (SSSR count). The van der Waals surface area contributed by atoms with Gasteiger partial charge < -0.3 is 14.8 Å². The van der Waals surface area contributed by atoms with Gasteiger partial charge in [-0.15, -0.1) is 12.4 Å². The molecule has 33 heavy (non-hydrogen) atoms. The van der Waals surface area contributed by atoms with Crippen molar-refractivity contribution >= 4 is 53.2 Å². The first kappa shape index (κ1) is 25.4. The van der Waals surface area contributed by atoms with Crippen molar-refractivity contribution in [1.29, 1.82) is 0 Å². The summed E-state index contributed by atoms with van der Waals surface area (Å²) in [5.41, 5.74) is 4.78. The minimum atomic E-state index is -0.588. The number of carbonyl (C=O) groups excluding carboxylic acids is 2. The van der Waals surface area contributed by atoms with Crippen molar-refractivity contribution in [2.45, 2.75) is 6.54 Å². The zero-order chi connectivity index (χ0) is 23.8. The maximum Gasteiger partial charge on any atom is 0.332 e. The summed E-state index contributed by atoms with van der Waals surface area (Å²) in [6.07, 6.45) is 1.28. The van der Waals surface area contributed by atoms with Gasteiger partial charge in [0.25, 0.3) is 11.5 Å². The Balaban J connectivity index is 0.00000385. The molecule has 0 spiro atoms. The quantitative estimate of drug-likeness (QED) is 0.331. The largest absolute Gasteiger partial charge is 0.368 e. The predicted molar refractivity (Wildman–Crippen MR) is 122 cm³/mol. The van der Waals surface area contributed by atoms with E-state index >= 15 is 0 Å². The second kappa shape index (κ2) is 9.33. The van der Waals surface area contributed by atoms with E-state index in [1.807, 2.05) is 21.1 Å². The molecule has 0 saturated heterocycles. The Morgan fingerprint density at radius 2 is 1.58 bits per heavy atom. The lowest BCUT2D eigenvalue weighted by Crippen LogP contribution is -2.41. The molecule has 178 valence electrons. The van der Waals surface area contributed by atoms with Crippen LogP contribution in [0, 0.1) is 0 Å². The number of nitrogen functional groups attached to an aromatic ring is 1. The third-order valence-electron chi connectivity index (χ3n) is 4.30. The van der Waals surface area contributed by atoms with Gasteiger partial charge in [0, 0.05) is 14.1 Å². The van der Waals surface area contributed by atoms with Gasteiger partial charge in [0.15, 0.2) is 17.7 Å². The van der Waals surface area contributed by atoms with Crippen LogP contribution in [0.4, 0.5) is 17.8 Å². The Morgan fingerprint density at radius 3 is 2.15 bits per heavy atom. The van der Waals surface area contributed by atoms with Crippen LogP contribution in [0.1, 0.15) is 0 Å². The van der Waals surface area contributed by atoms with Crippen LogP contribution in [0.2, 0.25) is 0 Å². The Morgan fingerprint density at radius 1 is 1.00 bits per heavy atom. The van der Waals surface area contributed by atoms with Crippen LogP contribution in [-0.4, -0.2) is 77.6 Å². The first-order valence-electron chi connectivity index (χ1n) is 9.38. The molecule has 0 aliphatic carbocycles. The van der Waals surface area contributed by atoms with Gasteiger partial charge in [-0.05, 0) is 0 Å².